The molecule has 0 aliphatic heterocycles. The number of nitrogens with one attached hydrogen (secondary N) is 1. The maximum absolute atomic E-state index is 13.1. The minimum atomic E-state index is -1.12. The molecule has 1 heterocycles. The van der Waals surface area contributed by atoms with Crippen molar-refractivity contribution in [3.63, 3.8) is 0 Å². The van der Waals surface area contributed by atoms with Crippen molar-refractivity contribution < 1.29 is 18.7 Å². The van der Waals surface area contributed by atoms with Gasteiger partial charge in [-0.25, -0.2) is 13.8 Å². The number of thiazole rings is 1. The van der Waals surface area contributed by atoms with E-state index in [1.165, 1.54) is 24.3 Å². The molecule has 7 heteroatoms. The molecule has 20 heavy (non-hydrogen) atoms. The average Bonchev–Trinajstić information content (AvgIpc) is 2.81. The van der Waals surface area contributed by atoms with Crippen LogP contribution in [-0.2, 0) is 11.2 Å². The van der Waals surface area contributed by atoms with Crippen LogP contribution in [0.3, 0.4) is 0 Å². The van der Waals surface area contributed by atoms with Crippen LogP contribution in [0.25, 0.3) is 0 Å². The Morgan fingerprint density at radius 2 is 2.20 bits per heavy atom. The lowest BCUT2D eigenvalue weighted by atomic mass is 10.1. The highest BCUT2D eigenvalue weighted by atomic mass is 32.1. The fraction of sp³-hybridized carbons (Fsp3) is 0.231. The van der Waals surface area contributed by atoms with Crippen LogP contribution < -0.4 is 5.32 Å². The van der Waals surface area contributed by atoms with Gasteiger partial charge in [0.25, 0.3) is 5.91 Å². The molecule has 1 unspecified atom stereocenters. The predicted molar refractivity (Wildman–Crippen MR) is 71.6 cm³/mol. The molecule has 0 fully saturated rings. The lowest BCUT2D eigenvalue weighted by Gasteiger charge is -2.02. The van der Waals surface area contributed by atoms with Crippen molar-refractivity contribution in [1.82, 2.24) is 4.98 Å². The van der Waals surface area contributed by atoms with Gasteiger partial charge in [-0.15, -0.1) is 11.3 Å². The smallest absolute Gasteiger partial charge is 0.254 e. The second-order valence-electron chi connectivity index (χ2n) is 4.22. The Balaban J connectivity index is 2.05. The molecule has 2 aromatic rings. The third-order valence-corrected chi connectivity index (χ3v) is 3.44. The van der Waals surface area contributed by atoms with Gasteiger partial charge in [0.1, 0.15) is 6.10 Å². The van der Waals surface area contributed by atoms with E-state index in [0.29, 0.717) is 17.1 Å². The Kier molecular flexibility index (Phi) is 4.41. The molecule has 2 rings (SSSR count). The summed E-state index contributed by atoms with van der Waals surface area (Å²) in [4.78, 5) is 16.0. The molecule has 0 spiro atoms. The van der Waals surface area contributed by atoms with Crippen LogP contribution in [0, 0.1) is 11.6 Å². The van der Waals surface area contributed by atoms with E-state index in [9.17, 15) is 13.6 Å². The van der Waals surface area contributed by atoms with Crippen molar-refractivity contribution in [3.05, 3.63) is 46.5 Å². The number of hydrogen-bond donors (Lipinski definition) is 2. The van der Waals surface area contributed by atoms with Gasteiger partial charge in [0.15, 0.2) is 16.8 Å². The quantitative estimate of drug-likeness (QED) is 0.910. The first-order valence-corrected chi connectivity index (χ1v) is 6.65. The molecule has 4 nitrogen and oxygen atoms in total. The summed E-state index contributed by atoms with van der Waals surface area (Å²) in [5, 5.41) is 11.9. The summed E-state index contributed by atoms with van der Waals surface area (Å²) in [5.41, 5.74) is 0.612. The Morgan fingerprint density at radius 3 is 2.85 bits per heavy atom. The number of carbonyl (C=O) groups excluding carboxylic acids is 1. The van der Waals surface area contributed by atoms with Crippen LogP contribution in [0.1, 0.15) is 17.4 Å². The maximum Gasteiger partial charge on any atom is 0.254 e. The van der Waals surface area contributed by atoms with E-state index in [0.717, 1.165) is 17.0 Å². The van der Waals surface area contributed by atoms with Crippen molar-refractivity contribution in [2.45, 2.75) is 19.4 Å². The monoisotopic (exact) mass is 298 g/mol. The molecule has 0 aliphatic carbocycles. The first-order chi connectivity index (χ1) is 9.45. The van der Waals surface area contributed by atoms with E-state index in [-0.39, 0.29) is 0 Å². The van der Waals surface area contributed by atoms with E-state index >= 15 is 0 Å². The standard InChI is InChI=1S/C13H12F2N2O2S/c1-7(18)12(19)17-13-16-6-9(20-13)4-8-2-3-10(14)11(15)5-8/h2-3,5-7,18H,4H2,1H3,(H,16,17,19). The van der Waals surface area contributed by atoms with Crippen molar-refractivity contribution in [2.75, 3.05) is 5.32 Å². The van der Waals surface area contributed by atoms with E-state index < -0.39 is 23.6 Å². The Hall–Kier alpha value is -1.86. The first kappa shape index (κ1) is 14.5. The molecule has 0 radical (unpaired) electrons. The van der Waals surface area contributed by atoms with E-state index in [1.807, 2.05) is 0 Å². The number of carbonyl (C=O) groups is 1. The van der Waals surface area contributed by atoms with Crippen LogP contribution in [0.4, 0.5) is 13.9 Å². The second kappa shape index (κ2) is 6.06. The third kappa shape index (κ3) is 3.58. The molecule has 1 aromatic carbocycles. The minimum Gasteiger partial charge on any atom is -0.384 e. The highest BCUT2D eigenvalue weighted by molar-refractivity contribution is 7.15. The Labute approximate surface area is 118 Å². The fourth-order valence-electron chi connectivity index (χ4n) is 1.51. The predicted octanol–water partition coefficient (Wildman–Crippen LogP) is 2.33. The van der Waals surface area contributed by atoms with Gasteiger partial charge in [-0.2, -0.15) is 0 Å². The van der Waals surface area contributed by atoms with Crippen molar-refractivity contribution in [2.24, 2.45) is 0 Å². The van der Waals surface area contributed by atoms with Crippen LogP contribution in [-0.4, -0.2) is 22.1 Å². The molecule has 1 amide bonds. The summed E-state index contributed by atoms with van der Waals surface area (Å²) >= 11 is 1.21. The molecule has 2 N–H and O–H groups in total. The molecular formula is C13H12F2N2O2S. The lowest BCUT2D eigenvalue weighted by Crippen LogP contribution is -2.24. The number of hydrogen-bond acceptors (Lipinski definition) is 4. The van der Waals surface area contributed by atoms with Gasteiger partial charge in [-0.3, -0.25) is 10.1 Å². The Morgan fingerprint density at radius 1 is 1.45 bits per heavy atom. The zero-order valence-electron chi connectivity index (χ0n) is 10.6. The molecule has 0 aliphatic rings. The average molecular weight is 298 g/mol. The van der Waals surface area contributed by atoms with Gasteiger partial charge < -0.3 is 5.11 Å². The zero-order chi connectivity index (χ0) is 14.7. The van der Waals surface area contributed by atoms with Gasteiger partial charge in [-0.05, 0) is 24.6 Å². The van der Waals surface area contributed by atoms with Crippen LogP contribution in [0.5, 0.6) is 0 Å². The molecule has 0 saturated heterocycles. The number of aromatic nitrogens is 1. The van der Waals surface area contributed by atoms with Crippen LogP contribution in [0.15, 0.2) is 24.4 Å². The molecule has 106 valence electrons. The largest absolute Gasteiger partial charge is 0.384 e. The summed E-state index contributed by atoms with van der Waals surface area (Å²) in [5.74, 6) is -2.32. The lowest BCUT2D eigenvalue weighted by molar-refractivity contribution is -0.123. The minimum absolute atomic E-state index is 0.355. The van der Waals surface area contributed by atoms with E-state index in [2.05, 4.69) is 10.3 Å². The summed E-state index contributed by atoms with van der Waals surface area (Å²) < 4.78 is 25.9. The van der Waals surface area contributed by atoms with Gasteiger partial charge >= 0.3 is 0 Å². The van der Waals surface area contributed by atoms with Crippen molar-refractivity contribution in [3.8, 4) is 0 Å². The molecule has 1 aromatic heterocycles. The number of nitrogens with zero attached hydrogens (tertiary/aromatic N) is 1. The number of aliphatic hydroxyl groups is 1. The highest BCUT2D eigenvalue weighted by Crippen LogP contribution is 2.22. The number of rotatable bonds is 4. The summed E-state index contributed by atoms with van der Waals surface area (Å²) in [7, 11) is 0. The van der Waals surface area contributed by atoms with Gasteiger partial charge in [0, 0.05) is 17.5 Å². The van der Waals surface area contributed by atoms with Crippen molar-refractivity contribution in [1.29, 1.82) is 0 Å². The summed E-state index contributed by atoms with van der Waals surface area (Å²) in [6, 6.07) is 3.69. The zero-order valence-corrected chi connectivity index (χ0v) is 11.4. The molecule has 0 saturated carbocycles. The van der Waals surface area contributed by atoms with E-state index in [4.69, 9.17) is 5.11 Å². The summed E-state index contributed by atoms with van der Waals surface area (Å²) in [6.45, 7) is 1.35. The molecular weight excluding hydrogens is 286 g/mol. The summed E-state index contributed by atoms with van der Waals surface area (Å²) in [6.07, 6.45) is 0.816. The van der Waals surface area contributed by atoms with Crippen molar-refractivity contribution >= 4 is 22.4 Å². The highest BCUT2D eigenvalue weighted by Gasteiger charge is 2.12. The van der Waals surface area contributed by atoms with Crippen LogP contribution in [0.2, 0.25) is 0 Å². The fourth-order valence-corrected chi connectivity index (χ4v) is 2.36. The topological polar surface area (TPSA) is 62.2 Å². The van der Waals surface area contributed by atoms with Gasteiger partial charge in [0.2, 0.25) is 0 Å². The number of aliphatic hydroxyl groups excluding tert-OH is 1. The first-order valence-electron chi connectivity index (χ1n) is 5.83. The Bertz CT molecular complexity index is 629. The van der Waals surface area contributed by atoms with Crippen LogP contribution >= 0.6 is 11.3 Å². The molecule has 0 bridgehead atoms. The normalized spacial score (nSPS) is 12.2. The number of halogens is 2. The van der Waals surface area contributed by atoms with Gasteiger partial charge in [-0.1, -0.05) is 6.07 Å². The molecule has 1 atom stereocenters. The van der Waals surface area contributed by atoms with E-state index in [1.54, 1.807) is 6.20 Å². The number of benzene rings is 1. The maximum atomic E-state index is 13.1. The van der Waals surface area contributed by atoms with Gasteiger partial charge in [0.05, 0.1) is 0 Å². The number of anilines is 1. The second-order valence-corrected chi connectivity index (χ2v) is 5.34. The number of amides is 1. The third-order valence-electron chi connectivity index (χ3n) is 2.53. The SMILES string of the molecule is CC(O)C(=O)Nc1ncc(Cc2ccc(F)c(F)c2)s1.